The standard InChI is InChI=1S/C49H30N4S/c1-3-13-33(14-4-1)44-37-17-7-10-20-40(37)50-49(52-44)35-29-25-32(26-30-35)31-23-27-34(28-24-31)45-43-38-18-8-11-21-41(38)53(36-15-5-2-6-16-36)47(43)48-46(51-45)39-19-9-12-22-42(39)54-48/h1-30H. The molecule has 4 heterocycles. The van der Waals surface area contributed by atoms with E-state index in [0.717, 1.165) is 67.1 Å². The molecule has 0 spiro atoms. The van der Waals surface area contributed by atoms with Crippen LogP contribution in [0.4, 0.5) is 0 Å². The molecule has 4 nitrogen and oxygen atoms in total. The molecule has 0 N–H and O–H groups in total. The minimum atomic E-state index is 0.718. The van der Waals surface area contributed by atoms with Gasteiger partial charge in [-0.3, -0.25) is 0 Å². The lowest BCUT2D eigenvalue weighted by atomic mass is 9.99. The maximum atomic E-state index is 5.50. The van der Waals surface area contributed by atoms with Gasteiger partial charge in [0.15, 0.2) is 5.82 Å². The molecule has 0 saturated heterocycles. The number of fused-ring (bicyclic) bond motifs is 8. The summed E-state index contributed by atoms with van der Waals surface area (Å²) < 4.78 is 4.87. The molecular formula is C49H30N4S. The highest BCUT2D eigenvalue weighted by Gasteiger charge is 2.23. The summed E-state index contributed by atoms with van der Waals surface area (Å²) in [6.45, 7) is 0. The number of pyridine rings is 1. The zero-order chi connectivity index (χ0) is 35.6. The quantitative estimate of drug-likeness (QED) is 0.179. The van der Waals surface area contributed by atoms with Crippen LogP contribution in [0.25, 0.3) is 104 Å². The van der Waals surface area contributed by atoms with Crippen LogP contribution < -0.4 is 0 Å². The molecule has 4 aromatic heterocycles. The molecule has 0 aliphatic carbocycles. The first-order valence-electron chi connectivity index (χ1n) is 18.1. The molecule has 0 fully saturated rings. The van der Waals surface area contributed by atoms with Gasteiger partial charge in [0.05, 0.1) is 38.2 Å². The second-order valence-corrected chi connectivity index (χ2v) is 14.6. The van der Waals surface area contributed by atoms with Crippen LogP contribution in [0.15, 0.2) is 182 Å². The Bertz CT molecular complexity index is 3180. The fourth-order valence-corrected chi connectivity index (χ4v) is 9.06. The summed E-state index contributed by atoms with van der Waals surface area (Å²) >= 11 is 1.83. The number of hydrogen-bond acceptors (Lipinski definition) is 4. The van der Waals surface area contributed by atoms with Gasteiger partial charge in [-0.15, -0.1) is 11.3 Å². The summed E-state index contributed by atoms with van der Waals surface area (Å²) in [4.78, 5) is 15.5. The first-order chi connectivity index (χ1) is 26.8. The van der Waals surface area contributed by atoms with E-state index in [-0.39, 0.29) is 0 Å². The topological polar surface area (TPSA) is 43.6 Å². The van der Waals surface area contributed by atoms with Gasteiger partial charge in [0.1, 0.15) is 0 Å². The number of nitrogens with zero attached hydrogens (tertiary/aromatic N) is 4. The van der Waals surface area contributed by atoms with E-state index >= 15 is 0 Å². The highest BCUT2D eigenvalue weighted by atomic mass is 32.1. The van der Waals surface area contributed by atoms with Crippen LogP contribution in [0.2, 0.25) is 0 Å². The number of hydrogen-bond donors (Lipinski definition) is 0. The second kappa shape index (κ2) is 12.3. The minimum absolute atomic E-state index is 0.718. The van der Waals surface area contributed by atoms with Crippen LogP contribution in [-0.2, 0) is 0 Å². The van der Waals surface area contributed by atoms with Gasteiger partial charge in [0, 0.05) is 48.6 Å². The molecule has 0 bridgehead atoms. The minimum Gasteiger partial charge on any atom is -0.308 e. The van der Waals surface area contributed by atoms with Crippen molar-refractivity contribution >= 4 is 64.3 Å². The maximum Gasteiger partial charge on any atom is 0.160 e. The van der Waals surface area contributed by atoms with Crippen LogP contribution in [0.1, 0.15) is 0 Å². The van der Waals surface area contributed by atoms with Crippen molar-refractivity contribution in [1.82, 2.24) is 19.5 Å². The van der Waals surface area contributed by atoms with Crippen molar-refractivity contribution in [3.8, 4) is 50.7 Å². The van der Waals surface area contributed by atoms with Crippen LogP contribution in [0, 0.1) is 0 Å². The SMILES string of the molecule is c1ccc(-c2nc(-c3ccc(-c4ccc(-c5nc6c7ccccc7sc6c6c5c5ccccc5n6-c5ccccc5)cc4)cc3)nc3ccccc23)cc1. The van der Waals surface area contributed by atoms with Gasteiger partial charge >= 0.3 is 0 Å². The Morgan fingerprint density at radius 2 is 0.981 bits per heavy atom. The van der Waals surface area contributed by atoms with Crippen LogP contribution in [0.5, 0.6) is 0 Å². The number of rotatable bonds is 5. The van der Waals surface area contributed by atoms with Crippen molar-refractivity contribution in [2.75, 3.05) is 0 Å². The predicted octanol–water partition coefficient (Wildman–Crippen LogP) is 13.2. The van der Waals surface area contributed by atoms with E-state index in [4.69, 9.17) is 15.0 Å². The molecule has 0 radical (unpaired) electrons. The number of benzene rings is 7. The summed E-state index contributed by atoms with van der Waals surface area (Å²) in [5.74, 6) is 0.718. The van der Waals surface area contributed by atoms with Gasteiger partial charge in [-0.25, -0.2) is 15.0 Å². The summed E-state index contributed by atoms with van der Waals surface area (Å²) in [6.07, 6.45) is 0. The Morgan fingerprint density at radius 1 is 0.407 bits per heavy atom. The molecule has 0 aliphatic heterocycles. The first kappa shape index (κ1) is 30.7. The van der Waals surface area contributed by atoms with E-state index in [1.54, 1.807) is 0 Å². The van der Waals surface area contributed by atoms with E-state index in [1.165, 1.54) is 36.6 Å². The van der Waals surface area contributed by atoms with Crippen LogP contribution in [-0.4, -0.2) is 19.5 Å². The summed E-state index contributed by atoms with van der Waals surface area (Å²) in [6, 6.07) is 64.1. The van der Waals surface area contributed by atoms with Gasteiger partial charge in [-0.1, -0.05) is 152 Å². The van der Waals surface area contributed by atoms with Gasteiger partial charge in [-0.05, 0) is 41.5 Å². The average Bonchev–Trinajstić information content (AvgIpc) is 3.80. The molecule has 7 aromatic carbocycles. The van der Waals surface area contributed by atoms with Crippen molar-refractivity contribution in [1.29, 1.82) is 0 Å². The molecular weight excluding hydrogens is 677 g/mol. The fraction of sp³-hybridized carbons (Fsp3) is 0. The third-order valence-electron chi connectivity index (χ3n) is 10.4. The third kappa shape index (κ3) is 4.86. The van der Waals surface area contributed by atoms with E-state index in [2.05, 4.69) is 168 Å². The van der Waals surface area contributed by atoms with Crippen molar-refractivity contribution in [3.63, 3.8) is 0 Å². The molecule has 11 aromatic rings. The lowest BCUT2D eigenvalue weighted by Crippen LogP contribution is -1.95. The van der Waals surface area contributed by atoms with Gasteiger partial charge < -0.3 is 4.57 Å². The Kier molecular flexibility index (Phi) is 7.00. The third-order valence-corrected chi connectivity index (χ3v) is 11.6. The highest BCUT2D eigenvalue weighted by Crippen LogP contribution is 2.45. The van der Waals surface area contributed by atoms with Gasteiger partial charge in [0.25, 0.3) is 0 Å². The molecule has 0 saturated carbocycles. The normalized spacial score (nSPS) is 11.7. The molecule has 0 unspecified atom stereocenters. The van der Waals surface area contributed by atoms with Gasteiger partial charge in [0.2, 0.25) is 0 Å². The molecule has 0 aliphatic rings. The van der Waals surface area contributed by atoms with E-state index in [0.29, 0.717) is 0 Å². The molecule has 0 amide bonds. The Hall–Kier alpha value is -6.95. The number of aromatic nitrogens is 4. The molecule has 5 heteroatoms. The molecule has 0 atom stereocenters. The molecule has 252 valence electrons. The summed E-state index contributed by atoms with van der Waals surface area (Å²) in [7, 11) is 0. The molecule has 11 rings (SSSR count). The maximum absolute atomic E-state index is 5.50. The lowest BCUT2D eigenvalue weighted by molar-refractivity contribution is 1.19. The van der Waals surface area contributed by atoms with E-state index in [1.807, 2.05) is 29.5 Å². The lowest BCUT2D eigenvalue weighted by Gasteiger charge is -2.11. The second-order valence-electron chi connectivity index (χ2n) is 13.6. The Morgan fingerprint density at radius 3 is 1.74 bits per heavy atom. The highest BCUT2D eigenvalue weighted by molar-refractivity contribution is 7.26. The molecule has 54 heavy (non-hydrogen) atoms. The number of thiophene rings is 1. The summed E-state index contributed by atoms with van der Waals surface area (Å²) in [5, 5.41) is 4.61. The van der Waals surface area contributed by atoms with E-state index in [9.17, 15) is 0 Å². The zero-order valence-corrected chi connectivity index (χ0v) is 29.8. The fourth-order valence-electron chi connectivity index (χ4n) is 7.87. The Labute approximate surface area is 315 Å². The zero-order valence-electron chi connectivity index (χ0n) is 29.0. The van der Waals surface area contributed by atoms with Crippen LogP contribution >= 0.6 is 11.3 Å². The first-order valence-corrected chi connectivity index (χ1v) is 18.9. The number of para-hydroxylation sites is 3. The predicted molar refractivity (Wildman–Crippen MR) is 226 cm³/mol. The largest absolute Gasteiger partial charge is 0.308 e. The van der Waals surface area contributed by atoms with Crippen LogP contribution in [0.3, 0.4) is 0 Å². The van der Waals surface area contributed by atoms with Gasteiger partial charge in [-0.2, -0.15) is 0 Å². The van der Waals surface area contributed by atoms with Crippen molar-refractivity contribution < 1.29 is 0 Å². The smallest absolute Gasteiger partial charge is 0.160 e. The summed E-state index contributed by atoms with van der Waals surface area (Å²) in [5.41, 5.74) is 12.9. The van der Waals surface area contributed by atoms with E-state index < -0.39 is 0 Å². The van der Waals surface area contributed by atoms with Crippen molar-refractivity contribution in [3.05, 3.63) is 182 Å². The van der Waals surface area contributed by atoms with Crippen molar-refractivity contribution in [2.45, 2.75) is 0 Å². The van der Waals surface area contributed by atoms with Crippen molar-refractivity contribution in [2.24, 2.45) is 0 Å². The Balaban J connectivity index is 1.03. The monoisotopic (exact) mass is 706 g/mol. The average molecular weight is 707 g/mol.